The van der Waals surface area contributed by atoms with Gasteiger partial charge in [-0.2, -0.15) is 0 Å². The number of fused-ring (bicyclic) bond motifs is 1. The predicted molar refractivity (Wildman–Crippen MR) is 156 cm³/mol. The van der Waals surface area contributed by atoms with Gasteiger partial charge in [0.25, 0.3) is 0 Å². The van der Waals surface area contributed by atoms with E-state index >= 15 is 0 Å². The highest BCUT2D eigenvalue weighted by Gasteiger charge is 2.77. The Balaban J connectivity index is 2.17. The molecule has 39 heavy (non-hydrogen) atoms. The zero-order valence-corrected chi connectivity index (χ0v) is 25.9. The minimum Gasteiger partial charge on any atom is -0.394 e. The normalized spacial score (nSPS) is 31.5. The number of aliphatic hydroxyl groups is 1. The summed E-state index contributed by atoms with van der Waals surface area (Å²) >= 11 is 3.76. The number of carbonyl (C=O) groups is 3. The smallest absolute Gasteiger partial charge is 0.248 e. The van der Waals surface area contributed by atoms with Crippen molar-refractivity contribution >= 4 is 33.7 Å². The first-order valence-corrected chi connectivity index (χ1v) is 15.6. The van der Waals surface area contributed by atoms with Gasteiger partial charge in [-0.1, -0.05) is 68.6 Å². The van der Waals surface area contributed by atoms with Gasteiger partial charge in [0.05, 0.1) is 30.6 Å². The number of likely N-dealkylation sites (tertiary alicyclic amines) is 1. The molecule has 3 rings (SSSR count). The maximum Gasteiger partial charge on any atom is 0.248 e. The third-order valence-corrected chi connectivity index (χ3v) is 9.94. The summed E-state index contributed by atoms with van der Waals surface area (Å²) in [6.07, 6.45) is 6.57. The molecule has 2 bridgehead atoms. The Morgan fingerprint density at radius 3 is 2.38 bits per heavy atom. The van der Waals surface area contributed by atoms with Crippen LogP contribution in [-0.2, 0) is 19.1 Å². The molecule has 0 aromatic rings. The van der Waals surface area contributed by atoms with Crippen molar-refractivity contribution in [1.29, 1.82) is 0 Å². The summed E-state index contributed by atoms with van der Waals surface area (Å²) in [7, 11) is 0. The van der Waals surface area contributed by atoms with Crippen molar-refractivity contribution in [2.45, 2.75) is 101 Å². The second-order valence-corrected chi connectivity index (χ2v) is 12.7. The first-order valence-electron chi connectivity index (χ1n) is 14.7. The molecular weight excluding hydrogens is 562 g/mol. The van der Waals surface area contributed by atoms with Crippen LogP contribution in [0, 0.1) is 17.8 Å². The van der Waals surface area contributed by atoms with E-state index in [0.717, 1.165) is 25.7 Å². The summed E-state index contributed by atoms with van der Waals surface area (Å²) in [6, 6.07) is -1.55. The van der Waals surface area contributed by atoms with Gasteiger partial charge < -0.3 is 24.5 Å². The molecule has 3 fully saturated rings. The minimum atomic E-state index is -1.15. The topological polar surface area (TPSA) is 90.4 Å². The number of amides is 3. The number of alkyl halides is 1. The molecule has 220 valence electrons. The molecular formula is C30H48BrN3O5. The average molecular weight is 611 g/mol. The van der Waals surface area contributed by atoms with Crippen LogP contribution < -0.4 is 0 Å². The molecule has 0 aliphatic carbocycles. The molecule has 1 spiro atoms. The lowest BCUT2D eigenvalue weighted by Crippen LogP contribution is -2.61. The second kappa shape index (κ2) is 13.3. The Hall–Kier alpha value is -1.71. The number of hydrogen-bond donors (Lipinski definition) is 1. The van der Waals surface area contributed by atoms with Crippen molar-refractivity contribution in [1.82, 2.24) is 14.7 Å². The van der Waals surface area contributed by atoms with E-state index in [1.807, 2.05) is 27.7 Å². The van der Waals surface area contributed by atoms with Crippen LogP contribution >= 0.6 is 15.9 Å². The fourth-order valence-corrected chi connectivity index (χ4v) is 8.03. The van der Waals surface area contributed by atoms with Gasteiger partial charge in [-0.3, -0.25) is 14.4 Å². The first-order chi connectivity index (χ1) is 18.6. The van der Waals surface area contributed by atoms with Crippen molar-refractivity contribution in [3.63, 3.8) is 0 Å². The van der Waals surface area contributed by atoms with E-state index in [1.165, 1.54) is 0 Å². The molecule has 3 aliphatic rings. The van der Waals surface area contributed by atoms with Crippen LogP contribution in [0.3, 0.4) is 0 Å². The minimum absolute atomic E-state index is 0.0473. The zero-order chi connectivity index (χ0) is 29.1. The molecule has 8 nitrogen and oxygen atoms in total. The Kier molecular flexibility index (Phi) is 10.9. The fraction of sp³-hybridized carbons (Fsp3) is 0.767. The van der Waals surface area contributed by atoms with Gasteiger partial charge in [-0.05, 0) is 32.1 Å². The Labute approximate surface area is 242 Å². The van der Waals surface area contributed by atoms with Gasteiger partial charge in [0.2, 0.25) is 17.7 Å². The van der Waals surface area contributed by atoms with Crippen molar-refractivity contribution in [2.75, 3.05) is 26.2 Å². The summed E-state index contributed by atoms with van der Waals surface area (Å²) in [5, 5.41) is 10.6. The van der Waals surface area contributed by atoms with Crippen LogP contribution in [0.2, 0.25) is 0 Å². The standard InChI is InChI=1S/C30H48BrN3O5/c1-8-13-20(7)33(16-11-4)29(38)26-30-17-21(31)25(39-30)23(27(36)32(14-9-2)15-10-3)24(30)28(37)34(26)22(18-35)19(6)12-5/h9,11,19-26,35H,2,4,8,10,12-18H2,1,3,5-7H3/t19-,20?,21?,22-,23-,24-,25-,26?,30?/m0/s1. The van der Waals surface area contributed by atoms with Gasteiger partial charge in [-0.15, -0.1) is 13.2 Å². The Morgan fingerprint density at radius 1 is 1.18 bits per heavy atom. The largest absolute Gasteiger partial charge is 0.394 e. The quantitative estimate of drug-likeness (QED) is 0.225. The number of carbonyl (C=O) groups excluding carboxylic acids is 3. The van der Waals surface area contributed by atoms with E-state index in [9.17, 15) is 19.5 Å². The maximum absolute atomic E-state index is 14.6. The van der Waals surface area contributed by atoms with E-state index < -0.39 is 35.6 Å². The van der Waals surface area contributed by atoms with Gasteiger partial charge in [0.15, 0.2) is 0 Å². The van der Waals surface area contributed by atoms with Crippen LogP contribution in [-0.4, -0.2) is 98.4 Å². The summed E-state index contributed by atoms with van der Waals surface area (Å²) in [5.74, 6) is -2.13. The molecule has 9 atom stereocenters. The van der Waals surface area contributed by atoms with Gasteiger partial charge >= 0.3 is 0 Å². The third kappa shape index (κ3) is 5.47. The molecule has 1 N–H and O–H groups in total. The molecule has 0 saturated carbocycles. The zero-order valence-electron chi connectivity index (χ0n) is 24.4. The average Bonchev–Trinajstić information content (AvgIpc) is 3.50. The summed E-state index contributed by atoms with van der Waals surface area (Å²) in [6.45, 7) is 18.8. The first kappa shape index (κ1) is 31.8. The Bertz CT molecular complexity index is 930. The van der Waals surface area contributed by atoms with Crippen LogP contribution in [0.15, 0.2) is 25.3 Å². The number of rotatable bonds is 15. The fourth-order valence-electron chi connectivity index (χ4n) is 7.09. The lowest BCUT2D eigenvalue weighted by molar-refractivity contribution is -0.154. The maximum atomic E-state index is 14.6. The molecule has 4 unspecified atom stereocenters. The van der Waals surface area contributed by atoms with Crippen LogP contribution in [0.4, 0.5) is 0 Å². The van der Waals surface area contributed by atoms with E-state index in [2.05, 4.69) is 36.0 Å². The van der Waals surface area contributed by atoms with E-state index in [4.69, 9.17) is 4.74 Å². The monoisotopic (exact) mass is 609 g/mol. The van der Waals surface area contributed by atoms with Crippen molar-refractivity contribution < 1.29 is 24.2 Å². The number of ether oxygens (including phenoxy) is 1. The van der Waals surface area contributed by atoms with Crippen LogP contribution in [0.25, 0.3) is 0 Å². The highest BCUT2D eigenvalue weighted by Crippen LogP contribution is 2.61. The summed E-state index contributed by atoms with van der Waals surface area (Å²) in [5.41, 5.74) is -1.15. The molecule has 3 aliphatic heterocycles. The van der Waals surface area contributed by atoms with Crippen molar-refractivity contribution in [3.05, 3.63) is 25.3 Å². The lowest BCUT2D eigenvalue weighted by atomic mass is 9.70. The molecule has 0 radical (unpaired) electrons. The van der Waals surface area contributed by atoms with Gasteiger partial charge in [-0.25, -0.2) is 0 Å². The van der Waals surface area contributed by atoms with Crippen LogP contribution in [0.1, 0.15) is 66.7 Å². The van der Waals surface area contributed by atoms with E-state index in [0.29, 0.717) is 26.1 Å². The SMILES string of the molecule is C=CCN(CCC)C(=O)[C@H]1[C@H]2C(=O)N([C@@H](CO)[C@@H](C)CC)C(C(=O)N(CC=C)C(C)CCC)C23CC(Br)[C@@H]1O3. The summed E-state index contributed by atoms with van der Waals surface area (Å²) < 4.78 is 6.71. The molecule has 3 heterocycles. The molecule has 3 amide bonds. The van der Waals surface area contributed by atoms with Gasteiger partial charge in [0, 0.05) is 30.5 Å². The van der Waals surface area contributed by atoms with Crippen molar-refractivity contribution in [3.8, 4) is 0 Å². The van der Waals surface area contributed by atoms with Gasteiger partial charge in [0.1, 0.15) is 11.6 Å². The predicted octanol–water partition coefficient (Wildman–Crippen LogP) is 3.77. The molecule has 3 saturated heterocycles. The second-order valence-electron chi connectivity index (χ2n) is 11.5. The van der Waals surface area contributed by atoms with E-state index in [1.54, 1.807) is 26.9 Å². The number of hydrogen-bond acceptors (Lipinski definition) is 5. The van der Waals surface area contributed by atoms with Crippen LogP contribution in [0.5, 0.6) is 0 Å². The molecule has 0 aromatic heterocycles. The highest BCUT2D eigenvalue weighted by molar-refractivity contribution is 9.09. The Morgan fingerprint density at radius 2 is 1.85 bits per heavy atom. The lowest BCUT2D eigenvalue weighted by Gasteiger charge is -2.42. The number of nitrogens with zero attached hydrogens (tertiary/aromatic N) is 3. The third-order valence-electron chi connectivity index (χ3n) is 9.09. The highest BCUT2D eigenvalue weighted by atomic mass is 79.9. The number of halogens is 1. The summed E-state index contributed by atoms with van der Waals surface area (Å²) in [4.78, 5) is 48.1. The van der Waals surface area contributed by atoms with E-state index in [-0.39, 0.29) is 41.1 Å². The molecule has 0 aromatic carbocycles. The molecule has 9 heteroatoms. The van der Waals surface area contributed by atoms with Crippen molar-refractivity contribution in [2.24, 2.45) is 17.8 Å². The number of aliphatic hydroxyl groups excluding tert-OH is 1.